The van der Waals surface area contributed by atoms with Crippen LogP contribution >= 0.6 is 0 Å². The van der Waals surface area contributed by atoms with E-state index in [0.717, 1.165) is 13.1 Å². The van der Waals surface area contributed by atoms with Crippen molar-refractivity contribution in [1.29, 1.82) is 0 Å². The summed E-state index contributed by atoms with van der Waals surface area (Å²) in [7, 11) is 1.42. The van der Waals surface area contributed by atoms with E-state index < -0.39 is 0 Å². The molecule has 0 spiro atoms. The Labute approximate surface area is 72.4 Å². The maximum atomic E-state index is 11.1. The van der Waals surface area contributed by atoms with Gasteiger partial charge in [-0.1, -0.05) is 0 Å². The molecule has 0 aromatic carbocycles. The van der Waals surface area contributed by atoms with Crippen LogP contribution in [0, 0.1) is 0 Å². The number of carbonyl (C=O) groups excluding carboxylic acids is 1. The summed E-state index contributed by atoms with van der Waals surface area (Å²) < 4.78 is 9.81. The molecule has 0 radical (unpaired) electrons. The summed E-state index contributed by atoms with van der Waals surface area (Å²) in [6.45, 7) is 4.91. The molecule has 1 aliphatic rings. The minimum Gasteiger partial charge on any atom is -0.468 e. The maximum absolute atomic E-state index is 11.1. The SMILES string of the molecule is COC(=O)C(C)N1CCOCC1. The van der Waals surface area contributed by atoms with Crippen LogP contribution in [-0.2, 0) is 14.3 Å². The highest BCUT2D eigenvalue weighted by molar-refractivity contribution is 5.75. The van der Waals surface area contributed by atoms with Crippen LogP contribution in [0.4, 0.5) is 0 Å². The first-order valence-electron chi connectivity index (χ1n) is 4.15. The molecule has 1 aliphatic heterocycles. The molecule has 1 unspecified atom stereocenters. The molecule has 0 bridgehead atoms. The summed E-state index contributed by atoms with van der Waals surface area (Å²) in [6.07, 6.45) is 0. The van der Waals surface area contributed by atoms with Gasteiger partial charge in [0.15, 0.2) is 0 Å². The predicted octanol–water partition coefficient (Wildman–Crippen LogP) is -0.120. The van der Waals surface area contributed by atoms with Gasteiger partial charge in [0, 0.05) is 13.1 Å². The second kappa shape index (κ2) is 4.42. The van der Waals surface area contributed by atoms with E-state index in [2.05, 4.69) is 9.64 Å². The van der Waals surface area contributed by atoms with Crippen LogP contribution in [0.5, 0.6) is 0 Å². The molecule has 1 saturated heterocycles. The minimum absolute atomic E-state index is 0.140. The Balaban J connectivity index is 2.39. The van der Waals surface area contributed by atoms with Crippen LogP contribution in [-0.4, -0.2) is 50.3 Å². The lowest BCUT2D eigenvalue weighted by Crippen LogP contribution is -2.46. The number of esters is 1. The summed E-state index contributed by atoms with van der Waals surface area (Å²) in [5.41, 5.74) is 0. The topological polar surface area (TPSA) is 38.8 Å². The number of ether oxygens (including phenoxy) is 2. The second-order valence-corrected chi connectivity index (χ2v) is 2.85. The Hall–Kier alpha value is -0.610. The smallest absolute Gasteiger partial charge is 0.322 e. The molecule has 4 heteroatoms. The fraction of sp³-hybridized carbons (Fsp3) is 0.875. The molecule has 0 aromatic rings. The van der Waals surface area contributed by atoms with Crippen molar-refractivity contribution >= 4 is 5.97 Å². The van der Waals surface area contributed by atoms with Crippen LogP contribution in [0.15, 0.2) is 0 Å². The van der Waals surface area contributed by atoms with Gasteiger partial charge in [0.1, 0.15) is 6.04 Å². The molecule has 1 rings (SSSR count). The Kier molecular flexibility index (Phi) is 3.49. The molecule has 0 saturated carbocycles. The Morgan fingerprint density at radius 1 is 1.50 bits per heavy atom. The van der Waals surface area contributed by atoms with Crippen LogP contribution in [0.3, 0.4) is 0 Å². The van der Waals surface area contributed by atoms with Gasteiger partial charge in [-0.2, -0.15) is 0 Å². The first kappa shape index (κ1) is 9.48. The highest BCUT2D eigenvalue weighted by atomic mass is 16.5. The molecule has 0 aliphatic carbocycles. The molecule has 12 heavy (non-hydrogen) atoms. The third-order valence-corrected chi connectivity index (χ3v) is 2.14. The zero-order chi connectivity index (χ0) is 8.97. The van der Waals surface area contributed by atoms with Crippen LogP contribution in [0.1, 0.15) is 6.92 Å². The normalized spacial score (nSPS) is 21.8. The minimum atomic E-state index is -0.170. The van der Waals surface area contributed by atoms with Gasteiger partial charge in [0.05, 0.1) is 20.3 Å². The van der Waals surface area contributed by atoms with E-state index in [-0.39, 0.29) is 12.0 Å². The summed E-state index contributed by atoms with van der Waals surface area (Å²) >= 11 is 0. The Morgan fingerprint density at radius 3 is 2.58 bits per heavy atom. The van der Waals surface area contributed by atoms with Crippen LogP contribution in [0.2, 0.25) is 0 Å². The molecular formula is C8H15NO3. The number of methoxy groups -OCH3 is 1. The fourth-order valence-corrected chi connectivity index (χ4v) is 1.28. The molecular weight excluding hydrogens is 158 g/mol. The highest BCUT2D eigenvalue weighted by Gasteiger charge is 2.23. The number of carbonyl (C=O) groups is 1. The summed E-state index contributed by atoms with van der Waals surface area (Å²) in [6, 6.07) is -0.140. The molecule has 1 atom stereocenters. The summed E-state index contributed by atoms with van der Waals surface area (Å²) in [5, 5.41) is 0. The first-order valence-corrected chi connectivity index (χ1v) is 4.15. The third kappa shape index (κ3) is 2.19. The van der Waals surface area contributed by atoms with Gasteiger partial charge in [-0.05, 0) is 6.92 Å². The van der Waals surface area contributed by atoms with E-state index in [1.165, 1.54) is 7.11 Å². The van der Waals surface area contributed by atoms with E-state index in [9.17, 15) is 4.79 Å². The molecule has 70 valence electrons. The lowest BCUT2D eigenvalue weighted by Gasteiger charge is -2.30. The van der Waals surface area contributed by atoms with E-state index in [0.29, 0.717) is 13.2 Å². The van der Waals surface area contributed by atoms with E-state index >= 15 is 0 Å². The van der Waals surface area contributed by atoms with Crippen molar-refractivity contribution in [3.05, 3.63) is 0 Å². The molecule has 1 heterocycles. The van der Waals surface area contributed by atoms with Crippen molar-refractivity contribution < 1.29 is 14.3 Å². The number of hydrogen-bond acceptors (Lipinski definition) is 4. The van der Waals surface area contributed by atoms with Crippen molar-refractivity contribution in [2.24, 2.45) is 0 Å². The van der Waals surface area contributed by atoms with E-state index in [1.807, 2.05) is 6.92 Å². The summed E-state index contributed by atoms with van der Waals surface area (Å²) in [4.78, 5) is 13.2. The molecule has 4 nitrogen and oxygen atoms in total. The average Bonchev–Trinajstić information content (AvgIpc) is 2.17. The predicted molar refractivity (Wildman–Crippen MR) is 43.9 cm³/mol. The average molecular weight is 173 g/mol. The van der Waals surface area contributed by atoms with Crippen molar-refractivity contribution in [3.8, 4) is 0 Å². The van der Waals surface area contributed by atoms with Gasteiger partial charge in [-0.25, -0.2) is 0 Å². The highest BCUT2D eigenvalue weighted by Crippen LogP contribution is 2.04. The number of hydrogen-bond donors (Lipinski definition) is 0. The van der Waals surface area contributed by atoms with Gasteiger partial charge in [0.25, 0.3) is 0 Å². The number of rotatable bonds is 2. The van der Waals surface area contributed by atoms with Crippen molar-refractivity contribution in [2.45, 2.75) is 13.0 Å². The monoisotopic (exact) mass is 173 g/mol. The van der Waals surface area contributed by atoms with Crippen molar-refractivity contribution in [1.82, 2.24) is 4.90 Å². The third-order valence-electron chi connectivity index (χ3n) is 2.14. The van der Waals surface area contributed by atoms with Crippen LogP contribution in [0.25, 0.3) is 0 Å². The largest absolute Gasteiger partial charge is 0.468 e. The fourth-order valence-electron chi connectivity index (χ4n) is 1.28. The Bertz CT molecular complexity index is 154. The van der Waals surface area contributed by atoms with Gasteiger partial charge >= 0.3 is 5.97 Å². The van der Waals surface area contributed by atoms with Gasteiger partial charge in [0.2, 0.25) is 0 Å². The molecule has 0 N–H and O–H groups in total. The number of nitrogens with zero attached hydrogens (tertiary/aromatic N) is 1. The lowest BCUT2D eigenvalue weighted by molar-refractivity contribution is -0.147. The Morgan fingerprint density at radius 2 is 2.08 bits per heavy atom. The molecule has 0 amide bonds. The van der Waals surface area contributed by atoms with Gasteiger partial charge < -0.3 is 9.47 Å². The van der Waals surface area contributed by atoms with Crippen LogP contribution < -0.4 is 0 Å². The van der Waals surface area contributed by atoms with E-state index in [1.54, 1.807) is 0 Å². The lowest BCUT2D eigenvalue weighted by atomic mass is 10.2. The second-order valence-electron chi connectivity index (χ2n) is 2.85. The standard InChI is InChI=1S/C8H15NO3/c1-7(8(10)11-2)9-3-5-12-6-4-9/h7H,3-6H2,1-2H3. The zero-order valence-electron chi connectivity index (χ0n) is 7.58. The zero-order valence-corrected chi connectivity index (χ0v) is 7.58. The molecule has 1 fully saturated rings. The maximum Gasteiger partial charge on any atom is 0.322 e. The summed E-state index contributed by atoms with van der Waals surface area (Å²) in [5.74, 6) is -0.170. The van der Waals surface area contributed by atoms with Gasteiger partial charge in [-0.15, -0.1) is 0 Å². The molecule has 0 aromatic heterocycles. The quantitative estimate of drug-likeness (QED) is 0.546. The first-order chi connectivity index (χ1) is 5.75. The van der Waals surface area contributed by atoms with Gasteiger partial charge in [-0.3, -0.25) is 9.69 Å². The number of morpholine rings is 1. The van der Waals surface area contributed by atoms with Crippen molar-refractivity contribution in [3.63, 3.8) is 0 Å². The van der Waals surface area contributed by atoms with Crippen molar-refractivity contribution in [2.75, 3.05) is 33.4 Å². The van der Waals surface area contributed by atoms with E-state index in [4.69, 9.17) is 4.74 Å².